The third kappa shape index (κ3) is 13.1. The highest BCUT2D eigenvalue weighted by molar-refractivity contribution is 6.84. The SMILES string of the molecule is CCCC[Si](C)(C)O[Si](C)(C)CCCCCCn1c(=O)n(CCC[Si](OC)(OC)OC)c(=O)n(CCC[Si](OC)(OC)OC)c1=O. The van der Waals surface area contributed by atoms with Crippen molar-refractivity contribution in [1.82, 2.24) is 13.7 Å². The zero-order valence-corrected chi connectivity index (χ0v) is 34.5. The van der Waals surface area contributed by atoms with Crippen LogP contribution in [0.15, 0.2) is 14.4 Å². The molecule has 0 fully saturated rings. The monoisotopic (exact) mass is 725 g/mol. The Labute approximate surface area is 280 Å². The van der Waals surface area contributed by atoms with Crippen molar-refractivity contribution in [2.75, 3.05) is 42.7 Å². The molecule has 17 heteroatoms. The van der Waals surface area contributed by atoms with Gasteiger partial charge in [0.1, 0.15) is 0 Å². The van der Waals surface area contributed by atoms with Crippen molar-refractivity contribution in [3.05, 3.63) is 31.5 Å². The minimum absolute atomic E-state index is 0.104. The van der Waals surface area contributed by atoms with E-state index in [4.69, 9.17) is 30.7 Å². The fourth-order valence-electron chi connectivity index (χ4n) is 5.90. The van der Waals surface area contributed by atoms with Crippen LogP contribution in [0, 0.1) is 0 Å². The summed E-state index contributed by atoms with van der Waals surface area (Å²) in [6.07, 6.45) is 6.82. The second-order valence-electron chi connectivity index (χ2n) is 13.0. The lowest BCUT2D eigenvalue weighted by Crippen LogP contribution is -2.55. The van der Waals surface area contributed by atoms with E-state index in [-0.39, 0.29) is 19.6 Å². The summed E-state index contributed by atoms with van der Waals surface area (Å²) in [6.45, 7) is 12.0. The van der Waals surface area contributed by atoms with Crippen LogP contribution in [0.5, 0.6) is 0 Å². The first kappa shape index (κ1) is 43.0. The van der Waals surface area contributed by atoms with Crippen molar-refractivity contribution >= 4 is 34.2 Å². The average molecular weight is 726 g/mol. The van der Waals surface area contributed by atoms with Gasteiger partial charge in [-0.1, -0.05) is 39.0 Å². The van der Waals surface area contributed by atoms with Gasteiger partial charge in [-0.2, -0.15) is 0 Å². The Balaban J connectivity index is 3.08. The minimum Gasteiger partial charge on any atom is -0.455 e. The van der Waals surface area contributed by atoms with Crippen molar-refractivity contribution in [2.45, 2.75) is 128 Å². The Morgan fingerprint density at radius 3 is 1.13 bits per heavy atom. The third-order valence-electron chi connectivity index (χ3n) is 8.58. The molecule has 0 radical (unpaired) electrons. The Morgan fingerprint density at radius 2 is 0.783 bits per heavy atom. The average Bonchev–Trinajstić information content (AvgIpc) is 3.02. The van der Waals surface area contributed by atoms with Crippen LogP contribution in [0.4, 0.5) is 0 Å². The maximum Gasteiger partial charge on any atom is 0.500 e. The Morgan fingerprint density at radius 1 is 0.457 bits per heavy atom. The molecule has 0 saturated carbocycles. The molecule has 1 aromatic heterocycles. The zero-order chi connectivity index (χ0) is 35.0. The second kappa shape index (κ2) is 20.5. The summed E-state index contributed by atoms with van der Waals surface area (Å²) in [5.41, 5.74) is -1.83. The first-order valence-electron chi connectivity index (χ1n) is 16.6. The van der Waals surface area contributed by atoms with Gasteiger partial charge in [0, 0.05) is 74.4 Å². The van der Waals surface area contributed by atoms with Crippen molar-refractivity contribution in [2.24, 2.45) is 0 Å². The molecule has 0 aliphatic heterocycles. The first-order chi connectivity index (χ1) is 21.6. The van der Waals surface area contributed by atoms with E-state index >= 15 is 0 Å². The van der Waals surface area contributed by atoms with Gasteiger partial charge in [0.25, 0.3) is 0 Å². The maximum atomic E-state index is 13.5. The van der Waals surface area contributed by atoms with Crippen molar-refractivity contribution in [3.8, 4) is 0 Å². The number of hydrogen-bond donors (Lipinski definition) is 0. The molecule has 0 saturated heterocycles. The molecule has 46 heavy (non-hydrogen) atoms. The summed E-state index contributed by atoms with van der Waals surface area (Å²) in [5.74, 6) is 0. The van der Waals surface area contributed by atoms with Crippen LogP contribution >= 0.6 is 0 Å². The molecule has 0 N–H and O–H groups in total. The zero-order valence-electron chi connectivity index (χ0n) is 30.5. The smallest absolute Gasteiger partial charge is 0.455 e. The molecule has 1 rings (SSSR count). The summed E-state index contributed by atoms with van der Waals surface area (Å²) >= 11 is 0. The summed E-state index contributed by atoms with van der Waals surface area (Å²) in [6, 6.07) is 3.12. The van der Waals surface area contributed by atoms with Gasteiger partial charge in [0.15, 0.2) is 16.6 Å². The van der Waals surface area contributed by atoms with Gasteiger partial charge < -0.3 is 30.7 Å². The van der Waals surface area contributed by atoms with Crippen molar-refractivity contribution in [3.63, 3.8) is 0 Å². The van der Waals surface area contributed by atoms with Crippen LogP contribution in [0.3, 0.4) is 0 Å². The number of rotatable bonds is 26. The minimum atomic E-state index is -2.90. The van der Waals surface area contributed by atoms with E-state index in [1.165, 1.54) is 66.1 Å². The van der Waals surface area contributed by atoms with E-state index in [0.717, 1.165) is 34.4 Å². The van der Waals surface area contributed by atoms with Crippen molar-refractivity contribution in [1.29, 1.82) is 0 Å². The van der Waals surface area contributed by atoms with Gasteiger partial charge in [-0.05, 0) is 57.5 Å². The molecular weight excluding hydrogens is 663 g/mol. The van der Waals surface area contributed by atoms with Gasteiger partial charge in [0.2, 0.25) is 0 Å². The van der Waals surface area contributed by atoms with Crippen molar-refractivity contribution < 1.29 is 30.7 Å². The van der Waals surface area contributed by atoms with Gasteiger partial charge in [-0.25, -0.2) is 28.1 Å². The molecule has 0 amide bonds. The molecule has 0 atom stereocenters. The van der Waals surface area contributed by atoms with Crippen LogP contribution in [0.25, 0.3) is 0 Å². The van der Waals surface area contributed by atoms with Crippen LogP contribution in [-0.2, 0) is 50.3 Å². The fraction of sp³-hybridized carbons (Fsp3) is 0.897. The second-order valence-corrected chi connectivity index (χ2v) is 28.0. The normalized spacial score (nSPS) is 13.1. The van der Waals surface area contributed by atoms with E-state index in [1.807, 2.05) is 0 Å². The van der Waals surface area contributed by atoms with E-state index in [9.17, 15) is 14.4 Å². The lowest BCUT2D eigenvalue weighted by molar-refractivity contribution is 0.122. The molecule has 1 aromatic rings. The number of unbranched alkanes of at least 4 members (excludes halogenated alkanes) is 4. The van der Waals surface area contributed by atoms with Crippen LogP contribution < -0.4 is 17.1 Å². The third-order valence-corrected chi connectivity index (χ3v) is 21.8. The largest absolute Gasteiger partial charge is 0.500 e. The maximum absolute atomic E-state index is 13.5. The number of aromatic nitrogens is 3. The molecule has 0 spiro atoms. The topological polar surface area (TPSA) is 131 Å². The predicted octanol–water partition coefficient (Wildman–Crippen LogP) is 4.50. The highest BCUT2D eigenvalue weighted by atomic mass is 28.4. The van der Waals surface area contributed by atoms with E-state index in [2.05, 4.69) is 33.1 Å². The number of nitrogens with zero attached hydrogens (tertiary/aromatic N) is 3. The van der Waals surface area contributed by atoms with Crippen LogP contribution in [0.1, 0.15) is 58.3 Å². The quantitative estimate of drug-likeness (QED) is 0.0995. The molecule has 0 unspecified atom stereocenters. The van der Waals surface area contributed by atoms with Crippen LogP contribution in [0.2, 0.25) is 50.4 Å². The van der Waals surface area contributed by atoms with E-state index in [0.29, 0.717) is 31.4 Å². The lowest BCUT2D eigenvalue weighted by Gasteiger charge is -2.34. The fourth-order valence-corrected chi connectivity index (χ4v) is 18.4. The molecule has 0 bridgehead atoms. The molecule has 0 aliphatic rings. The molecule has 1 heterocycles. The molecular formula is C29H63N3O10Si4. The van der Waals surface area contributed by atoms with E-state index < -0.39 is 51.3 Å². The molecule has 13 nitrogen and oxygen atoms in total. The summed E-state index contributed by atoms with van der Waals surface area (Å²) in [4.78, 5) is 40.6. The van der Waals surface area contributed by atoms with E-state index in [1.54, 1.807) is 0 Å². The Bertz CT molecular complexity index is 1120. The molecule has 0 aromatic carbocycles. The van der Waals surface area contributed by atoms with Gasteiger partial charge in [-0.15, -0.1) is 0 Å². The Kier molecular flexibility index (Phi) is 19.2. The highest BCUT2D eigenvalue weighted by Crippen LogP contribution is 2.25. The van der Waals surface area contributed by atoms with Gasteiger partial charge in [0.05, 0.1) is 0 Å². The van der Waals surface area contributed by atoms with Gasteiger partial charge in [-0.3, -0.25) is 0 Å². The lowest BCUT2D eigenvalue weighted by atomic mass is 10.2. The highest BCUT2D eigenvalue weighted by Gasteiger charge is 2.38. The van der Waals surface area contributed by atoms with Gasteiger partial charge >= 0.3 is 34.7 Å². The predicted molar refractivity (Wildman–Crippen MR) is 191 cm³/mol. The summed E-state index contributed by atoms with van der Waals surface area (Å²) in [5, 5.41) is 0. The summed E-state index contributed by atoms with van der Waals surface area (Å²) < 4.78 is 43.2. The Hall–Kier alpha value is -1.00. The molecule has 270 valence electrons. The first-order valence-corrected chi connectivity index (χ1v) is 26.7. The van der Waals surface area contributed by atoms with Crippen LogP contribution in [-0.4, -0.2) is 90.6 Å². The standard InChI is InChI=1S/C29H63N3O10Si4/c1-12-13-23-43(8,9)42-44(10,11)24-17-15-14-16-20-30-27(33)31(21-18-25-45(36-2,37-3)38-4)29(35)32(28(30)34)22-19-26-46(39-5,40-6)41-7/h12-26H2,1-11H3. The molecule has 0 aliphatic carbocycles. The number of hydrogen-bond acceptors (Lipinski definition) is 10. The summed E-state index contributed by atoms with van der Waals surface area (Å²) in [7, 11) is -0.0621.